The van der Waals surface area contributed by atoms with Crippen LogP contribution in [0.15, 0.2) is 17.4 Å². The van der Waals surface area contributed by atoms with E-state index in [9.17, 15) is 23.9 Å². The molecule has 6 heterocycles. The topological polar surface area (TPSA) is 293 Å². The number of aliphatic hydroxyl groups is 1. The number of nitrogens with one attached hydrogen (secondary N) is 1. The summed E-state index contributed by atoms with van der Waals surface area (Å²) in [6.45, 7) is -4.99. The molecule has 4 fully saturated rings. The third-order valence-electron chi connectivity index (χ3n) is 9.18. The summed E-state index contributed by atoms with van der Waals surface area (Å²) in [5.41, 5.74) is 10.4. The molecule has 2 aliphatic carbocycles. The van der Waals surface area contributed by atoms with Crippen LogP contribution in [0.5, 0.6) is 0 Å². The molecule has 2 unspecified atom stereocenters. The Balaban J connectivity index is 1.14. The van der Waals surface area contributed by atoms with Gasteiger partial charge >= 0.3 is 14.6 Å². The number of nitrogens with two attached hydrogens (primary N) is 2. The van der Waals surface area contributed by atoms with Crippen molar-refractivity contribution in [1.29, 1.82) is 0 Å². The average molecular weight is 700 g/mol. The number of fused-ring (bicyclic) bond motifs is 4. The number of H-pyrrole nitrogens is 1. The third kappa shape index (κ3) is 4.70. The lowest BCUT2D eigenvalue weighted by Gasteiger charge is -2.48. The number of aliphatic hydroxyl groups excluding tert-OH is 1. The van der Waals surface area contributed by atoms with Gasteiger partial charge in [0.15, 0.2) is 28.9 Å². The van der Waals surface area contributed by atoms with Gasteiger partial charge < -0.3 is 30.8 Å². The second-order valence-corrected chi connectivity index (χ2v) is 15.9. The van der Waals surface area contributed by atoms with Gasteiger partial charge in [0.05, 0.1) is 31.7 Å². The van der Waals surface area contributed by atoms with Crippen LogP contribution in [0.4, 0.5) is 11.8 Å². The van der Waals surface area contributed by atoms with Crippen LogP contribution >= 0.6 is 26.9 Å². The van der Waals surface area contributed by atoms with Crippen LogP contribution in [0.2, 0.25) is 0 Å². The quantitative estimate of drug-likeness (QED) is 0.119. The lowest BCUT2D eigenvalue weighted by molar-refractivity contribution is -0.0984. The van der Waals surface area contributed by atoms with Crippen molar-refractivity contribution >= 4 is 61.0 Å². The van der Waals surface area contributed by atoms with E-state index < -0.39 is 74.8 Å². The van der Waals surface area contributed by atoms with E-state index in [1.165, 1.54) is 12.7 Å². The first-order valence-electron chi connectivity index (χ1n) is 14.0. The van der Waals surface area contributed by atoms with Gasteiger partial charge in [0.1, 0.15) is 30.2 Å². The summed E-state index contributed by atoms with van der Waals surface area (Å²) in [6, 6.07) is -0.727. The second kappa shape index (κ2) is 10.5. The summed E-state index contributed by atoms with van der Waals surface area (Å²) < 4.78 is 58.7. The molecule has 4 aromatic heterocycles. The van der Waals surface area contributed by atoms with Crippen molar-refractivity contribution in [3.63, 3.8) is 0 Å². The molecule has 246 valence electrons. The summed E-state index contributed by atoms with van der Waals surface area (Å²) in [5.74, 6) is -0.486. The molecular weight excluding hydrogens is 672 g/mol. The third-order valence-corrected chi connectivity index (χ3v) is 11.8. The van der Waals surface area contributed by atoms with E-state index in [-0.39, 0.29) is 36.0 Å². The molecular formula is C22H27N11O10P2S. The predicted molar refractivity (Wildman–Crippen MR) is 157 cm³/mol. The van der Waals surface area contributed by atoms with Gasteiger partial charge in [-0.3, -0.25) is 27.9 Å². The molecule has 8 rings (SSSR count). The van der Waals surface area contributed by atoms with Gasteiger partial charge in [-0.2, -0.15) is 9.67 Å². The highest BCUT2D eigenvalue weighted by Crippen LogP contribution is 2.68. The number of imidazole rings is 1. The minimum absolute atomic E-state index is 0.0625. The zero-order chi connectivity index (χ0) is 32.2. The first-order valence-corrected chi connectivity index (χ1v) is 18.2. The summed E-state index contributed by atoms with van der Waals surface area (Å²) in [7, 11) is -4.86. The Bertz CT molecular complexity index is 2030. The minimum Gasteiger partial charge on any atom is -0.388 e. The largest absolute Gasteiger partial charge is 0.472 e. The number of rotatable bonds is 2. The standard InChI is InChI=1S/C22H27N11O10P2S/c23-16-11-17(26-6-25-16)32(7-27-11)13-9-1-2-22(9)5-40-44(36,37)42-10-3-8(4-39-45(38,46)43-15(22)14(13)34)41-20(10)33-18-12(30-31-33)19(35)29-21(24)28-18/h6-10,13-15,20,34H,1-5H2,(H,36,37)(H,38,46)(H2,23,25,26)(H3,24,28,29,35)/t8-,9+,10+,13+,14-,15-,20+,22?,45+/m0/s1. The van der Waals surface area contributed by atoms with Crippen molar-refractivity contribution < 1.29 is 42.0 Å². The Morgan fingerprint density at radius 3 is 2.74 bits per heavy atom. The van der Waals surface area contributed by atoms with E-state index in [0.29, 0.717) is 24.0 Å². The van der Waals surface area contributed by atoms with Gasteiger partial charge in [0.2, 0.25) is 5.95 Å². The second-order valence-electron chi connectivity index (χ2n) is 11.7. The number of anilines is 2. The molecule has 7 N–H and O–H groups in total. The number of aromatic amines is 1. The Morgan fingerprint density at radius 1 is 1.13 bits per heavy atom. The van der Waals surface area contributed by atoms with Crippen molar-refractivity contribution in [3.05, 3.63) is 23.0 Å². The van der Waals surface area contributed by atoms with E-state index in [1.54, 1.807) is 4.57 Å². The number of phosphoric acid groups is 1. The molecule has 0 aromatic carbocycles. The first kappa shape index (κ1) is 30.3. The van der Waals surface area contributed by atoms with Crippen LogP contribution in [0, 0.1) is 11.3 Å². The molecule has 2 saturated heterocycles. The number of aromatic nitrogens is 9. The smallest absolute Gasteiger partial charge is 0.388 e. The number of nitrogens with zero attached hydrogens (tertiary/aromatic N) is 8. The molecule has 0 amide bonds. The van der Waals surface area contributed by atoms with Crippen molar-refractivity contribution in [3.8, 4) is 0 Å². The zero-order valence-corrected chi connectivity index (χ0v) is 26.1. The zero-order valence-electron chi connectivity index (χ0n) is 23.5. The Kier molecular flexibility index (Phi) is 6.90. The molecule has 46 heavy (non-hydrogen) atoms. The molecule has 24 heteroatoms. The minimum atomic E-state index is -4.86. The van der Waals surface area contributed by atoms with E-state index >= 15 is 0 Å². The lowest BCUT2D eigenvalue weighted by Crippen LogP contribution is -2.49. The van der Waals surface area contributed by atoms with Crippen LogP contribution in [-0.2, 0) is 32.0 Å². The maximum Gasteiger partial charge on any atom is 0.472 e. The SMILES string of the molecule is Nc1nc2c(nnn2[C@@H]2O[C@@H]3CO[P@@](=O)(S)O[C@H]4[C@@H](O)[C@H](n5cnc6c(N)ncnc65)[C@H]5CCC54COP(=O)(O)O[C@@H]2C3)c(=O)[nH]1. The monoisotopic (exact) mass is 699 g/mol. The fourth-order valence-electron chi connectivity index (χ4n) is 7.09. The highest BCUT2D eigenvalue weighted by molar-refractivity contribution is 8.44. The molecule has 2 bridgehead atoms. The molecule has 4 aliphatic rings. The Morgan fingerprint density at radius 2 is 1.96 bits per heavy atom. The number of ether oxygens (including phenoxy) is 1. The van der Waals surface area contributed by atoms with Crippen LogP contribution < -0.4 is 17.0 Å². The molecule has 2 aliphatic heterocycles. The fraction of sp³-hybridized carbons (Fsp3) is 0.591. The molecule has 10 atom stereocenters. The molecule has 4 aromatic rings. The van der Waals surface area contributed by atoms with Crippen molar-refractivity contribution in [1.82, 2.24) is 44.5 Å². The van der Waals surface area contributed by atoms with Crippen LogP contribution in [0.25, 0.3) is 22.3 Å². The van der Waals surface area contributed by atoms with E-state index in [2.05, 4.69) is 47.5 Å². The molecule has 2 saturated carbocycles. The molecule has 1 spiro atoms. The summed E-state index contributed by atoms with van der Waals surface area (Å²) in [5, 5.41) is 19.5. The predicted octanol–water partition coefficient (Wildman–Crippen LogP) is 0.0739. The van der Waals surface area contributed by atoms with E-state index in [1.807, 2.05) is 0 Å². The normalized spacial score (nSPS) is 39.7. The lowest BCUT2D eigenvalue weighted by atomic mass is 9.60. The first-order chi connectivity index (χ1) is 21.9. The van der Waals surface area contributed by atoms with Gasteiger partial charge in [0, 0.05) is 11.8 Å². The van der Waals surface area contributed by atoms with Crippen LogP contribution in [-0.4, -0.2) is 92.1 Å². The van der Waals surface area contributed by atoms with Gasteiger partial charge in [-0.15, -0.1) is 5.10 Å². The Hall–Kier alpha value is -3.04. The van der Waals surface area contributed by atoms with Crippen LogP contribution in [0.1, 0.15) is 31.5 Å². The summed E-state index contributed by atoms with van der Waals surface area (Å²) in [4.78, 5) is 42.2. The molecule has 21 nitrogen and oxygen atoms in total. The highest BCUT2D eigenvalue weighted by Gasteiger charge is 2.68. The van der Waals surface area contributed by atoms with E-state index in [4.69, 9.17) is 34.3 Å². The molecule has 0 radical (unpaired) electrons. The van der Waals surface area contributed by atoms with Crippen molar-refractivity contribution in [2.75, 3.05) is 24.7 Å². The van der Waals surface area contributed by atoms with E-state index in [0.717, 1.165) is 4.68 Å². The number of nitrogen functional groups attached to an aromatic ring is 2. The van der Waals surface area contributed by atoms with Gasteiger partial charge in [0.25, 0.3) is 5.56 Å². The highest BCUT2D eigenvalue weighted by atomic mass is 32.7. The average Bonchev–Trinajstić information content (AvgIpc) is 3.72. The van der Waals surface area contributed by atoms with Crippen molar-refractivity contribution in [2.45, 2.75) is 55.9 Å². The number of thiol groups is 1. The number of hydrogen-bond acceptors (Lipinski definition) is 17. The maximum atomic E-state index is 13.7. The van der Waals surface area contributed by atoms with Gasteiger partial charge in [-0.25, -0.2) is 24.1 Å². The van der Waals surface area contributed by atoms with Gasteiger partial charge in [-0.1, -0.05) is 17.5 Å². The van der Waals surface area contributed by atoms with Crippen LogP contribution in [0.3, 0.4) is 0 Å². The number of hydrogen-bond donors (Lipinski definition) is 6. The van der Waals surface area contributed by atoms with Crippen molar-refractivity contribution in [2.24, 2.45) is 11.3 Å². The summed E-state index contributed by atoms with van der Waals surface area (Å²) in [6.07, 6.45) is -2.28. The fourth-order valence-corrected chi connectivity index (χ4v) is 9.63. The maximum absolute atomic E-state index is 13.7. The Labute approximate surface area is 262 Å². The number of phosphoric ester groups is 1. The van der Waals surface area contributed by atoms with Gasteiger partial charge in [-0.05, 0) is 18.8 Å². The summed E-state index contributed by atoms with van der Waals surface area (Å²) >= 11 is 4.20.